The largest absolute Gasteiger partial charge is 0.479 e. The van der Waals surface area contributed by atoms with Gasteiger partial charge in [0.15, 0.2) is 5.69 Å². The Morgan fingerprint density at radius 3 is 2.69 bits per heavy atom. The quantitative estimate of drug-likeness (QED) is 0.736. The number of ether oxygens (including phenoxy) is 1. The van der Waals surface area contributed by atoms with Gasteiger partial charge in [0.1, 0.15) is 5.82 Å². The molecule has 0 aliphatic carbocycles. The van der Waals surface area contributed by atoms with Gasteiger partial charge in [-0.1, -0.05) is 0 Å². The molecule has 1 aromatic heterocycles. The van der Waals surface area contributed by atoms with E-state index in [1.165, 1.54) is 26.4 Å². The summed E-state index contributed by atoms with van der Waals surface area (Å²) in [6, 6.07) is 3.48. The first-order valence-corrected chi connectivity index (χ1v) is 5.48. The highest BCUT2D eigenvalue weighted by Gasteiger charge is 2.14. The van der Waals surface area contributed by atoms with Gasteiger partial charge in [0, 0.05) is 13.1 Å². The Morgan fingerprint density at radius 2 is 2.06 bits per heavy atom. The van der Waals surface area contributed by atoms with E-state index >= 15 is 0 Å². The Bertz CT molecular complexity index is 375. The molecule has 1 aliphatic rings. The van der Waals surface area contributed by atoms with Gasteiger partial charge in [-0.2, -0.15) is 4.98 Å². The van der Waals surface area contributed by atoms with E-state index in [0.29, 0.717) is 5.88 Å². The molecule has 0 unspecified atom stereocenters. The third-order valence-corrected chi connectivity index (χ3v) is 2.80. The molecule has 2 heterocycles. The van der Waals surface area contributed by atoms with Gasteiger partial charge in [-0.25, -0.2) is 0 Å². The van der Waals surface area contributed by atoms with Crippen molar-refractivity contribution in [1.82, 2.24) is 4.98 Å². The fourth-order valence-corrected chi connectivity index (χ4v) is 1.94. The fourth-order valence-electron chi connectivity index (χ4n) is 1.94. The SMILES string of the molecule is COc1nc(N2CCCCC2)ccc1N=O. The van der Waals surface area contributed by atoms with Crippen LogP contribution in [0.1, 0.15) is 19.3 Å². The molecule has 0 saturated carbocycles. The minimum atomic E-state index is 0.253. The molecule has 0 spiro atoms. The van der Waals surface area contributed by atoms with E-state index in [1.807, 2.05) is 6.07 Å². The summed E-state index contributed by atoms with van der Waals surface area (Å²) in [6.45, 7) is 2.04. The van der Waals surface area contributed by atoms with Crippen LogP contribution in [0.25, 0.3) is 0 Å². The maximum absolute atomic E-state index is 10.5. The first-order chi connectivity index (χ1) is 7.85. The van der Waals surface area contributed by atoms with Crippen molar-refractivity contribution >= 4 is 11.5 Å². The lowest BCUT2D eigenvalue weighted by Gasteiger charge is -2.27. The van der Waals surface area contributed by atoms with Crippen LogP contribution >= 0.6 is 0 Å². The molecule has 5 nitrogen and oxygen atoms in total. The summed E-state index contributed by atoms with van der Waals surface area (Å²) in [5.41, 5.74) is 0.253. The predicted molar refractivity (Wildman–Crippen MR) is 62.3 cm³/mol. The molecule has 1 aromatic rings. The number of piperidine rings is 1. The number of anilines is 1. The smallest absolute Gasteiger partial charge is 0.245 e. The van der Waals surface area contributed by atoms with Crippen molar-refractivity contribution in [2.24, 2.45) is 5.18 Å². The summed E-state index contributed by atoms with van der Waals surface area (Å²) in [7, 11) is 1.50. The third-order valence-electron chi connectivity index (χ3n) is 2.80. The van der Waals surface area contributed by atoms with Crippen molar-refractivity contribution in [2.45, 2.75) is 19.3 Å². The van der Waals surface area contributed by atoms with E-state index in [9.17, 15) is 4.91 Å². The van der Waals surface area contributed by atoms with Gasteiger partial charge < -0.3 is 9.64 Å². The molecule has 16 heavy (non-hydrogen) atoms. The van der Waals surface area contributed by atoms with Crippen LogP contribution in [0, 0.1) is 4.91 Å². The standard InChI is InChI=1S/C11H15N3O2/c1-16-11-9(13-15)5-6-10(12-11)14-7-3-2-4-8-14/h5-6H,2-4,7-8H2,1H3. The van der Waals surface area contributed by atoms with Crippen molar-refractivity contribution in [3.05, 3.63) is 17.0 Å². The molecule has 86 valence electrons. The Hall–Kier alpha value is -1.65. The lowest BCUT2D eigenvalue weighted by molar-refractivity contribution is 0.399. The van der Waals surface area contributed by atoms with Crippen LogP contribution in [-0.2, 0) is 0 Å². The molecular formula is C11H15N3O2. The molecule has 0 atom stereocenters. The van der Waals surface area contributed by atoms with Crippen LogP contribution in [0.2, 0.25) is 0 Å². The van der Waals surface area contributed by atoms with Gasteiger partial charge in [-0.3, -0.25) is 0 Å². The second kappa shape index (κ2) is 4.92. The number of pyridine rings is 1. The Balaban J connectivity index is 2.24. The van der Waals surface area contributed by atoms with Crippen LogP contribution in [0.15, 0.2) is 17.3 Å². The summed E-state index contributed by atoms with van der Waals surface area (Å²) in [6.07, 6.45) is 3.66. The average molecular weight is 221 g/mol. The molecule has 0 bridgehead atoms. The summed E-state index contributed by atoms with van der Waals surface area (Å²) < 4.78 is 5.04. The fraction of sp³-hybridized carbons (Fsp3) is 0.545. The zero-order valence-electron chi connectivity index (χ0n) is 9.35. The van der Waals surface area contributed by atoms with Gasteiger partial charge in [-0.05, 0) is 36.6 Å². The Kier molecular flexibility index (Phi) is 3.34. The summed E-state index contributed by atoms with van der Waals surface area (Å²) in [5, 5.41) is 2.87. The number of nitroso groups, excluding NO2 is 1. The highest BCUT2D eigenvalue weighted by molar-refractivity contribution is 5.54. The van der Waals surface area contributed by atoms with E-state index in [0.717, 1.165) is 18.9 Å². The number of nitrogens with zero attached hydrogens (tertiary/aromatic N) is 3. The van der Waals surface area contributed by atoms with E-state index in [2.05, 4.69) is 15.1 Å². The zero-order chi connectivity index (χ0) is 11.4. The number of hydrogen-bond acceptors (Lipinski definition) is 5. The number of rotatable bonds is 3. The highest BCUT2D eigenvalue weighted by Crippen LogP contribution is 2.28. The maximum atomic E-state index is 10.5. The minimum absolute atomic E-state index is 0.253. The molecule has 0 amide bonds. The Morgan fingerprint density at radius 1 is 1.31 bits per heavy atom. The van der Waals surface area contributed by atoms with E-state index < -0.39 is 0 Å². The van der Waals surface area contributed by atoms with Crippen molar-refractivity contribution in [2.75, 3.05) is 25.1 Å². The summed E-state index contributed by atoms with van der Waals surface area (Å²) in [5.74, 6) is 1.17. The molecule has 1 fully saturated rings. The van der Waals surface area contributed by atoms with Gasteiger partial charge in [0.05, 0.1) is 7.11 Å². The average Bonchev–Trinajstić information content (AvgIpc) is 2.39. The van der Waals surface area contributed by atoms with Crippen molar-refractivity contribution in [3.8, 4) is 5.88 Å². The van der Waals surface area contributed by atoms with Gasteiger partial charge in [-0.15, -0.1) is 4.91 Å². The maximum Gasteiger partial charge on any atom is 0.245 e. The molecular weight excluding hydrogens is 206 g/mol. The van der Waals surface area contributed by atoms with Crippen LogP contribution in [0.3, 0.4) is 0 Å². The lowest BCUT2D eigenvalue weighted by atomic mass is 10.1. The lowest BCUT2D eigenvalue weighted by Crippen LogP contribution is -2.30. The van der Waals surface area contributed by atoms with Gasteiger partial charge >= 0.3 is 0 Å². The van der Waals surface area contributed by atoms with E-state index in [4.69, 9.17) is 4.74 Å². The number of methoxy groups -OCH3 is 1. The monoisotopic (exact) mass is 221 g/mol. The predicted octanol–water partition coefficient (Wildman–Crippen LogP) is 2.48. The Labute approximate surface area is 94.4 Å². The second-order valence-corrected chi connectivity index (χ2v) is 3.84. The van der Waals surface area contributed by atoms with E-state index in [-0.39, 0.29) is 5.69 Å². The van der Waals surface area contributed by atoms with Crippen LogP contribution in [0.4, 0.5) is 11.5 Å². The number of hydrogen-bond donors (Lipinski definition) is 0. The van der Waals surface area contributed by atoms with Crippen molar-refractivity contribution < 1.29 is 4.74 Å². The number of aromatic nitrogens is 1. The highest BCUT2D eigenvalue weighted by atomic mass is 16.5. The summed E-state index contributed by atoms with van der Waals surface area (Å²) >= 11 is 0. The molecule has 0 N–H and O–H groups in total. The third kappa shape index (κ3) is 2.13. The zero-order valence-corrected chi connectivity index (χ0v) is 9.35. The second-order valence-electron chi connectivity index (χ2n) is 3.84. The van der Waals surface area contributed by atoms with Crippen molar-refractivity contribution in [1.29, 1.82) is 0 Å². The molecule has 1 saturated heterocycles. The normalized spacial score (nSPS) is 15.9. The molecule has 0 aromatic carbocycles. The molecule has 1 aliphatic heterocycles. The van der Waals surface area contributed by atoms with Gasteiger partial charge in [0.25, 0.3) is 0 Å². The van der Waals surface area contributed by atoms with Crippen LogP contribution in [0.5, 0.6) is 5.88 Å². The van der Waals surface area contributed by atoms with Crippen LogP contribution < -0.4 is 9.64 Å². The van der Waals surface area contributed by atoms with Crippen LogP contribution in [-0.4, -0.2) is 25.2 Å². The van der Waals surface area contributed by atoms with Crippen molar-refractivity contribution in [3.63, 3.8) is 0 Å². The first-order valence-electron chi connectivity index (χ1n) is 5.48. The topological polar surface area (TPSA) is 54.8 Å². The molecule has 5 heteroatoms. The molecule has 0 radical (unpaired) electrons. The minimum Gasteiger partial charge on any atom is -0.479 e. The summed E-state index contributed by atoms with van der Waals surface area (Å²) in [4.78, 5) is 17.0. The molecule has 2 rings (SSSR count). The van der Waals surface area contributed by atoms with Gasteiger partial charge in [0.2, 0.25) is 5.88 Å². The van der Waals surface area contributed by atoms with E-state index in [1.54, 1.807) is 6.07 Å². The first kappa shape index (κ1) is 10.9.